The van der Waals surface area contributed by atoms with Crippen LogP contribution in [0.4, 0.5) is 0 Å². The van der Waals surface area contributed by atoms with Gasteiger partial charge in [-0.15, -0.1) is 0 Å². The first-order valence-corrected chi connectivity index (χ1v) is 5.72. The minimum atomic E-state index is 0.420. The van der Waals surface area contributed by atoms with Gasteiger partial charge >= 0.3 is 5.95 Å². The fourth-order valence-corrected chi connectivity index (χ4v) is 1.78. The summed E-state index contributed by atoms with van der Waals surface area (Å²) in [5, 5.41) is 0. The minimum Gasteiger partial charge on any atom is -0.464 e. The smallest absolute Gasteiger partial charge is 0.305 e. The molecule has 0 aliphatic rings. The molecule has 0 amide bonds. The highest BCUT2D eigenvalue weighted by Crippen LogP contribution is 2.26. The lowest BCUT2D eigenvalue weighted by Gasteiger charge is -1.96. The highest BCUT2D eigenvalue weighted by molar-refractivity contribution is 5.78. The zero-order valence-electron chi connectivity index (χ0n) is 10.1. The number of benzene rings is 1. The summed E-state index contributed by atoms with van der Waals surface area (Å²) < 4.78 is 16.1. The Balaban J connectivity index is 2.01. The van der Waals surface area contributed by atoms with E-state index >= 15 is 0 Å². The number of aryl methyl sites for hydroxylation is 1. The molecule has 18 heavy (non-hydrogen) atoms. The summed E-state index contributed by atoms with van der Waals surface area (Å²) in [6, 6.07) is 5.62. The van der Waals surface area contributed by atoms with Gasteiger partial charge in [-0.1, -0.05) is 0 Å². The molecule has 0 unspecified atom stereocenters. The molecule has 2 heterocycles. The first-order chi connectivity index (χ1) is 8.76. The molecule has 0 saturated carbocycles. The molecule has 3 rings (SSSR count). The van der Waals surface area contributed by atoms with Crippen LogP contribution in [0.5, 0.6) is 5.95 Å². The van der Waals surface area contributed by atoms with Crippen LogP contribution in [0.15, 0.2) is 33.2 Å². The van der Waals surface area contributed by atoms with Gasteiger partial charge in [0, 0.05) is 12.5 Å². The number of aromatic nitrogens is 2. The normalized spacial score (nSPS) is 11.0. The van der Waals surface area contributed by atoms with Crippen molar-refractivity contribution in [2.24, 2.45) is 0 Å². The first kappa shape index (κ1) is 10.8. The zero-order valence-corrected chi connectivity index (χ0v) is 10.1. The number of ether oxygens (including phenoxy) is 1. The van der Waals surface area contributed by atoms with Gasteiger partial charge in [-0.3, -0.25) is 0 Å². The third kappa shape index (κ3) is 1.84. The maximum absolute atomic E-state index is 5.47. The molecule has 5 heteroatoms. The molecule has 0 N–H and O–H groups in total. The summed E-state index contributed by atoms with van der Waals surface area (Å²) in [6.45, 7) is 4.26. The van der Waals surface area contributed by atoms with Gasteiger partial charge in [0.25, 0.3) is 0 Å². The van der Waals surface area contributed by atoms with E-state index in [1.54, 1.807) is 6.20 Å². The maximum atomic E-state index is 5.47. The van der Waals surface area contributed by atoms with Crippen LogP contribution in [0.1, 0.15) is 12.8 Å². The summed E-state index contributed by atoms with van der Waals surface area (Å²) in [6.07, 6.45) is 1.57. The molecular formula is C13H12N2O3. The second-order valence-corrected chi connectivity index (χ2v) is 3.83. The van der Waals surface area contributed by atoms with Crippen molar-refractivity contribution in [3.63, 3.8) is 0 Å². The van der Waals surface area contributed by atoms with E-state index in [2.05, 4.69) is 9.97 Å². The first-order valence-electron chi connectivity index (χ1n) is 5.72. The lowest BCUT2D eigenvalue weighted by atomic mass is 10.2. The average molecular weight is 244 g/mol. The third-order valence-corrected chi connectivity index (χ3v) is 2.51. The molecule has 92 valence electrons. The summed E-state index contributed by atoms with van der Waals surface area (Å²) in [5.41, 5.74) is 2.40. The number of hydrogen-bond acceptors (Lipinski definition) is 5. The Hall–Kier alpha value is -2.30. The van der Waals surface area contributed by atoms with Crippen LogP contribution in [0.3, 0.4) is 0 Å². The van der Waals surface area contributed by atoms with Crippen LogP contribution in [0.25, 0.3) is 22.6 Å². The molecule has 0 aliphatic carbocycles. The van der Waals surface area contributed by atoms with Crippen molar-refractivity contribution in [3.8, 4) is 17.4 Å². The standard InChI is InChI=1S/C13H12N2O3/c1-3-16-12-7-14-13(18-12)9-4-5-11-10(6-9)15-8(2)17-11/h4-7H,3H2,1-2H3. The van der Waals surface area contributed by atoms with Crippen molar-refractivity contribution in [2.75, 3.05) is 6.61 Å². The van der Waals surface area contributed by atoms with Crippen LogP contribution in [-0.2, 0) is 0 Å². The fraction of sp³-hybridized carbons (Fsp3) is 0.231. The van der Waals surface area contributed by atoms with Crippen molar-refractivity contribution in [1.82, 2.24) is 9.97 Å². The summed E-state index contributed by atoms with van der Waals surface area (Å²) in [4.78, 5) is 8.44. The van der Waals surface area contributed by atoms with E-state index in [1.807, 2.05) is 32.0 Å². The predicted octanol–water partition coefficient (Wildman–Crippen LogP) is 3.19. The van der Waals surface area contributed by atoms with Gasteiger partial charge in [-0.2, -0.15) is 0 Å². The second kappa shape index (κ2) is 4.18. The van der Waals surface area contributed by atoms with E-state index in [0.717, 1.165) is 16.7 Å². The van der Waals surface area contributed by atoms with Crippen LogP contribution in [-0.4, -0.2) is 16.6 Å². The highest BCUT2D eigenvalue weighted by atomic mass is 16.6. The molecule has 1 aromatic carbocycles. The lowest BCUT2D eigenvalue weighted by Crippen LogP contribution is -1.87. The quantitative estimate of drug-likeness (QED) is 0.708. The van der Waals surface area contributed by atoms with Crippen LogP contribution in [0, 0.1) is 6.92 Å². The Morgan fingerprint density at radius 2 is 2.17 bits per heavy atom. The number of rotatable bonds is 3. The van der Waals surface area contributed by atoms with E-state index in [1.165, 1.54) is 0 Å². The number of oxazole rings is 2. The number of hydrogen-bond donors (Lipinski definition) is 0. The summed E-state index contributed by atoms with van der Waals surface area (Å²) >= 11 is 0. The molecule has 0 spiro atoms. The van der Waals surface area contributed by atoms with Gasteiger partial charge in [0.2, 0.25) is 5.89 Å². The Bertz CT molecular complexity index is 684. The molecule has 0 fully saturated rings. The highest BCUT2D eigenvalue weighted by Gasteiger charge is 2.10. The molecule has 0 aliphatic heterocycles. The van der Waals surface area contributed by atoms with Crippen LogP contribution < -0.4 is 4.74 Å². The molecule has 0 bridgehead atoms. The molecule has 5 nitrogen and oxygen atoms in total. The van der Waals surface area contributed by atoms with Gasteiger partial charge in [0.1, 0.15) is 11.7 Å². The maximum Gasteiger partial charge on any atom is 0.305 e. The lowest BCUT2D eigenvalue weighted by molar-refractivity contribution is 0.260. The fourth-order valence-electron chi connectivity index (χ4n) is 1.78. The Morgan fingerprint density at radius 3 is 3.00 bits per heavy atom. The van der Waals surface area contributed by atoms with E-state index in [4.69, 9.17) is 13.6 Å². The molecule has 3 aromatic rings. The Labute approximate surface area is 103 Å². The summed E-state index contributed by atoms with van der Waals surface area (Å²) in [7, 11) is 0. The molecule has 0 atom stereocenters. The van der Waals surface area contributed by atoms with E-state index in [-0.39, 0.29) is 0 Å². The molecule has 0 radical (unpaired) electrons. The SMILES string of the molecule is CCOc1cnc(-c2ccc3oc(C)nc3c2)o1. The molecular weight excluding hydrogens is 232 g/mol. The van der Waals surface area contributed by atoms with Gasteiger partial charge in [-0.25, -0.2) is 9.97 Å². The summed E-state index contributed by atoms with van der Waals surface area (Å²) in [5.74, 6) is 1.58. The van der Waals surface area contributed by atoms with Crippen molar-refractivity contribution in [2.45, 2.75) is 13.8 Å². The predicted molar refractivity (Wildman–Crippen MR) is 65.4 cm³/mol. The van der Waals surface area contributed by atoms with E-state index in [0.29, 0.717) is 24.3 Å². The topological polar surface area (TPSA) is 61.3 Å². The zero-order chi connectivity index (χ0) is 12.5. The molecule has 0 saturated heterocycles. The number of fused-ring (bicyclic) bond motifs is 1. The van der Waals surface area contributed by atoms with Crippen molar-refractivity contribution in [3.05, 3.63) is 30.3 Å². The largest absolute Gasteiger partial charge is 0.464 e. The van der Waals surface area contributed by atoms with Crippen LogP contribution >= 0.6 is 0 Å². The second-order valence-electron chi connectivity index (χ2n) is 3.83. The van der Waals surface area contributed by atoms with Crippen molar-refractivity contribution < 1.29 is 13.6 Å². The van der Waals surface area contributed by atoms with Crippen molar-refractivity contribution in [1.29, 1.82) is 0 Å². The minimum absolute atomic E-state index is 0.420. The van der Waals surface area contributed by atoms with E-state index in [9.17, 15) is 0 Å². The van der Waals surface area contributed by atoms with Crippen molar-refractivity contribution >= 4 is 11.1 Å². The molecule has 2 aromatic heterocycles. The van der Waals surface area contributed by atoms with E-state index < -0.39 is 0 Å². The van der Waals surface area contributed by atoms with Gasteiger partial charge < -0.3 is 13.6 Å². The number of nitrogens with zero attached hydrogens (tertiary/aromatic N) is 2. The van der Waals surface area contributed by atoms with Gasteiger partial charge in [0.05, 0.1) is 6.61 Å². The van der Waals surface area contributed by atoms with Gasteiger partial charge in [0.15, 0.2) is 11.5 Å². The Kier molecular flexibility index (Phi) is 2.51. The average Bonchev–Trinajstić information content (AvgIpc) is 2.93. The third-order valence-electron chi connectivity index (χ3n) is 2.51. The van der Waals surface area contributed by atoms with Gasteiger partial charge in [-0.05, 0) is 25.1 Å². The van der Waals surface area contributed by atoms with Crippen LogP contribution in [0.2, 0.25) is 0 Å². The Morgan fingerprint density at radius 1 is 1.28 bits per heavy atom. The monoisotopic (exact) mass is 244 g/mol.